The van der Waals surface area contributed by atoms with Crippen molar-refractivity contribution in [1.29, 1.82) is 4.78 Å². The first kappa shape index (κ1) is 33.0. The van der Waals surface area contributed by atoms with Crippen molar-refractivity contribution < 1.29 is 41.3 Å². The van der Waals surface area contributed by atoms with Crippen LogP contribution in [0.25, 0.3) is 0 Å². The van der Waals surface area contributed by atoms with Crippen LogP contribution in [0.4, 0.5) is 5.69 Å². The molecule has 0 saturated heterocycles. The number of carbonyl (C=O) groups is 2. The van der Waals surface area contributed by atoms with E-state index in [1.807, 2.05) is 24.1 Å². The van der Waals surface area contributed by atoms with Gasteiger partial charge in [-0.3, -0.25) is 14.3 Å². The summed E-state index contributed by atoms with van der Waals surface area (Å²) in [7, 11) is -4.10. The number of carbonyl (C=O) groups excluding carboxylic acids is 2. The number of likely N-dealkylation sites (N-methyl/N-ethyl adjacent to an activating group) is 1. The highest BCUT2D eigenvalue weighted by molar-refractivity contribution is 7.92. The van der Waals surface area contributed by atoms with Gasteiger partial charge in [0, 0.05) is 25.3 Å². The Bertz CT molecular complexity index is 1370. The molecule has 0 aliphatic rings. The molecule has 2 aromatic carbocycles. The van der Waals surface area contributed by atoms with Crippen molar-refractivity contribution in [3.63, 3.8) is 0 Å². The van der Waals surface area contributed by atoms with Crippen LogP contribution in [0.1, 0.15) is 27.9 Å². The van der Waals surface area contributed by atoms with Crippen molar-refractivity contribution in [3.05, 3.63) is 59.2 Å². The van der Waals surface area contributed by atoms with Gasteiger partial charge < -0.3 is 29.3 Å². The fraction of sp³-hybridized carbons (Fsp3) is 0.440. The third-order valence-corrected chi connectivity index (χ3v) is 6.88. The van der Waals surface area contributed by atoms with Crippen molar-refractivity contribution in [2.45, 2.75) is 24.7 Å². The first-order valence-electron chi connectivity index (χ1n) is 12.2. The molecule has 0 bridgehead atoms. The van der Waals surface area contributed by atoms with Gasteiger partial charge in [0.2, 0.25) is 10.0 Å². The van der Waals surface area contributed by atoms with Crippen LogP contribution >= 0.6 is 0 Å². The zero-order valence-corrected chi connectivity index (χ0v) is 24.2. The number of amides is 1. The standard InChI is InChI=1S/C25H36N4O9S2/c1-29(11-10-18-4-6-19(7-5-18)17-40(26,35)36)12-13-38-23-9-8-20(28-39(3,33)34)14-22(23)25(32)27-16-21(30)15-24(31)37-2/h4-9,14,21,28,30H,10-13,15-17H2,1-3H3,(H,27,32)(H2,26,35,36). The summed E-state index contributed by atoms with van der Waals surface area (Å²) in [5, 5.41) is 12.5. The molecule has 0 aliphatic heterocycles. The van der Waals surface area contributed by atoms with E-state index >= 15 is 0 Å². The van der Waals surface area contributed by atoms with Crippen LogP contribution < -0.4 is 14.8 Å². The Morgan fingerprint density at radius 2 is 1.73 bits per heavy atom. The van der Waals surface area contributed by atoms with Gasteiger partial charge in [-0.25, -0.2) is 17.4 Å². The molecule has 2 aromatic rings. The predicted octanol–water partition coefficient (Wildman–Crippen LogP) is 1.28. The summed E-state index contributed by atoms with van der Waals surface area (Å²) >= 11 is 0. The molecular weight excluding hydrogens is 564 g/mol. The number of sulfonamides is 1. The minimum atomic E-state index is -3.60. The topological polar surface area (TPSA) is 195 Å². The molecule has 0 radical (unpaired) electrons. The second kappa shape index (κ2) is 14.9. The largest absolute Gasteiger partial charge is 0.491 e. The maximum Gasteiger partial charge on any atom is 0.308 e. The molecule has 1 amide bonds. The summed E-state index contributed by atoms with van der Waals surface area (Å²) in [6.07, 6.45) is 0.216. The Kier molecular flexibility index (Phi) is 12.3. The van der Waals surface area contributed by atoms with E-state index in [1.165, 1.54) is 25.3 Å². The van der Waals surface area contributed by atoms with Crippen LogP contribution in [-0.2, 0) is 41.7 Å². The second-order valence-corrected chi connectivity index (χ2v) is 12.6. The summed E-state index contributed by atoms with van der Waals surface area (Å²) in [5.74, 6) is -1.27. The molecule has 0 spiro atoms. The van der Waals surface area contributed by atoms with E-state index in [-0.39, 0.29) is 42.3 Å². The molecule has 0 saturated carbocycles. The number of aliphatic hydroxyl groups excluding tert-OH is 1. The molecule has 15 heteroatoms. The number of nitrogens with zero attached hydrogens (tertiary/aromatic N) is 1. The SMILES string of the molecule is COC(=O)CC(O)CNC(=O)c1cc(NS(C)(=O)=O)ccc1OCCN(C)CCc1ccc(CS(=N)(=O)O)cc1. The number of hydrogen-bond donors (Lipinski definition) is 5. The van der Waals surface area contributed by atoms with Gasteiger partial charge in [0.05, 0.1) is 37.2 Å². The zero-order valence-electron chi connectivity index (χ0n) is 22.6. The lowest BCUT2D eigenvalue weighted by molar-refractivity contribution is -0.142. The molecule has 222 valence electrons. The molecule has 0 aliphatic carbocycles. The molecule has 5 N–H and O–H groups in total. The summed E-state index contributed by atoms with van der Waals surface area (Å²) in [4.78, 5) is 26.2. The summed E-state index contributed by atoms with van der Waals surface area (Å²) in [6.45, 7) is 1.17. The molecule has 40 heavy (non-hydrogen) atoms. The number of aliphatic hydroxyl groups is 1. The van der Waals surface area contributed by atoms with Gasteiger partial charge in [0.15, 0.2) is 10.0 Å². The van der Waals surface area contributed by atoms with Crippen LogP contribution in [0.2, 0.25) is 0 Å². The monoisotopic (exact) mass is 600 g/mol. The van der Waals surface area contributed by atoms with Gasteiger partial charge in [-0.15, -0.1) is 0 Å². The highest BCUT2D eigenvalue weighted by atomic mass is 32.2. The molecular formula is C25H36N4O9S2. The minimum Gasteiger partial charge on any atom is -0.491 e. The maximum atomic E-state index is 12.9. The van der Waals surface area contributed by atoms with Crippen LogP contribution in [-0.4, -0.2) is 91.8 Å². The number of anilines is 1. The normalized spacial score (nSPS) is 13.8. The first-order valence-corrected chi connectivity index (χ1v) is 15.8. The Balaban J connectivity index is 1.97. The number of ether oxygens (including phenoxy) is 2. The van der Waals surface area contributed by atoms with Gasteiger partial charge in [0.25, 0.3) is 5.91 Å². The predicted molar refractivity (Wildman–Crippen MR) is 150 cm³/mol. The van der Waals surface area contributed by atoms with Crippen LogP contribution in [0.5, 0.6) is 5.75 Å². The molecule has 0 aromatic heterocycles. The van der Waals surface area contributed by atoms with Crippen molar-refractivity contribution in [2.75, 3.05) is 51.4 Å². The number of esters is 1. The lowest BCUT2D eigenvalue weighted by atomic mass is 10.1. The molecule has 0 heterocycles. The third-order valence-electron chi connectivity index (χ3n) is 5.55. The fourth-order valence-corrected chi connectivity index (χ4v) is 4.74. The molecule has 13 nitrogen and oxygen atoms in total. The van der Waals surface area contributed by atoms with E-state index in [1.54, 1.807) is 12.1 Å². The zero-order chi connectivity index (χ0) is 29.9. The van der Waals surface area contributed by atoms with E-state index in [0.29, 0.717) is 25.1 Å². The number of hydrogen-bond acceptors (Lipinski definition) is 10. The number of nitrogens with one attached hydrogen (secondary N) is 3. The quantitative estimate of drug-likeness (QED) is 0.175. The van der Waals surface area contributed by atoms with Gasteiger partial charge in [-0.1, -0.05) is 24.3 Å². The molecule has 2 atom stereocenters. The van der Waals surface area contributed by atoms with Crippen molar-refractivity contribution >= 4 is 37.6 Å². The average molecular weight is 601 g/mol. The van der Waals surface area contributed by atoms with E-state index in [2.05, 4.69) is 14.8 Å². The van der Waals surface area contributed by atoms with E-state index in [4.69, 9.17) is 9.52 Å². The average Bonchev–Trinajstić information content (AvgIpc) is 2.85. The lowest BCUT2D eigenvalue weighted by Crippen LogP contribution is -2.34. The number of benzene rings is 2. The summed E-state index contributed by atoms with van der Waals surface area (Å²) in [6, 6.07) is 11.4. The van der Waals surface area contributed by atoms with E-state index in [0.717, 1.165) is 11.8 Å². The van der Waals surface area contributed by atoms with E-state index in [9.17, 15) is 31.9 Å². The van der Waals surface area contributed by atoms with Crippen LogP contribution in [0, 0.1) is 4.78 Å². The van der Waals surface area contributed by atoms with Crippen molar-refractivity contribution in [3.8, 4) is 5.75 Å². The Labute approximate surface area is 234 Å². The molecule has 0 fully saturated rings. The van der Waals surface area contributed by atoms with Crippen LogP contribution in [0.3, 0.4) is 0 Å². The Morgan fingerprint density at radius 1 is 1.07 bits per heavy atom. The minimum absolute atomic E-state index is 0.0427. The Morgan fingerprint density at radius 3 is 2.33 bits per heavy atom. The third kappa shape index (κ3) is 12.7. The van der Waals surface area contributed by atoms with Gasteiger partial charge >= 0.3 is 5.97 Å². The summed E-state index contributed by atoms with van der Waals surface area (Å²) < 4.78 is 63.4. The van der Waals surface area contributed by atoms with Crippen molar-refractivity contribution in [1.82, 2.24) is 10.2 Å². The van der Waals surface area contributed by atoms with Gasteiger partial charge in [-0.2, -0.15) is 0 Å². The smallest absolute Gasteiger partial charge is 0.308 e. The lowest BCUT2D eigenvalue weighted by Gasteiger charge is -2.19. The number of methoxy groups -OCH3 is 1. The highest BCUT2D eigenvalue weighted by Crippen LogP contribution is 2.24. The van der Waals surface area contributed by atoms with Gasteiger partial charge in [0.1, 0.15) is 12.4 Å². The highest BCUT2D eigenvalue weighted by Gasteiger charge is 2.18. The van der Waals surface area contributed by atoms with Gasteiger partial charge in [-0.05, 0) is 42.8 Å². The molecule has 2 rings (SSSR count). The van der Waals surface area contributed by atoms with E-state index < -0.39 is 38.0 Å². The van der Waals surface area contributed by atoms with Crippen molar-refractivity contribution in [2.24, 2.45) is 0 Å². The Hall–Kier alpha value is -3.24. The van der Waals surface area contributed by atoms with Crippen LogP contribution in [0.15, 0.2) is 42.5 Å². The molecule has 2 unspecified atom stereocenters. The number of rotatable bonds is 16. The fourth-order valence-electron chi connectivity index (χ4n) is 3.54. The first-order chi connectivity index (χ1) is 18.6. The second-order valence-electron chi connectivity index (χ2n) is 9.23. The summed E-state index contributed by atoms with van der Waals surface area (Å²) in [5.41, 5.74) is 1.83. The maximum absolute atomic E-state index is 12.9.